The molecular formula is C15H18N4O3S. The Morgan fingerprint density at radius 2 is 2.13 bits per heavy atom. The first-order valence-electron chi connectivity index (χ1n) is 7.21. The number of imidazole rings is 1. The van der Waals surface area contributed by atoms with E-state index in [1.54, 1.807) is 0 Å². The summed E-state index contributed by atoms with van der Waals surface area (Å²) in [5, 5.41) is 7.43. The molecule has 122 valence electrons. The predicted molar refractivity (Wildman–Crippen MR) is 87.2 cm³/mol. The summed E-state index contributed by atoms with van der Waals surface area (Å²) in [4.78, 5) is 29.6. The standard InChI is InChI=1S/C15H18N4O3S/c1-7-6-23-15-16-9(3)13(19(7)15)10(5-11(20)22-4)12-8(2)17-18-14(12)21/h6,10H,5H2,1-4H3,(H2,17,18,21). The molecule has 3 heterocycles. The van der Waals surface area contributed by atoms with Gasteiger partial charge in [-0.1, -0.05) is 0 Å². The molecule has 1 atom stereocenters. The number of ether oxygens (including phenoxy) is 1. The molecule has 0 aliphatic carbocycles. The number of hydrogen-bond acceptors (Lipinski definition) is 5. The van der Waals surface area contributed by atoms with Gasteiger partial charge in [0.2, 0.25) is 0 Å². The summed E-state index contributed by atoms with van der Waals surface area (Å²) in [6.45, 7) is 5.69. The van der Waals surface area contributed by atoms with Crippen molar-refractivity contribution >= 4 is 22.3 Å². The maximum Gasteiger partial charge on any atom is 0.306 e. The van der Waals surface area contributed by atoms with E-state index in [2.05, 4.69) is 15.2 Å². The molecule has 3 aromatic heterocycles. The van der Waals surface area contributed by atoms with Gasteiger partial charge in [-0.25, -0.2) is 4.98 Å². The van der Waals surface area contributed by atoms with E-state index in [1.165, 1.54) is 18.4 Å². The van der Waals surface area contributed by atoms with Crippen LogP contribution in [-0.4, -0.2) is 32.7 Å². The maximum atomic E-state index is 12.3. The van der Waals surface area contributed by atoms with Crippen LogP contribution in [0.25, 0.3) is 4.96 Å². The molecule has 0 saturated heterocycles. The highest BCUT2D eigenvalue weighted by atomic mass is 32.1. The number of fused-ring (bicyclic) bond motifs is 1. The summed E-state index contributed by atoms with van der Waals surface area (Å²) in [5.41, 5.74) is 3.74. The van der Waals surface area contributed by atoms with Crippen LogP contribution in [0.3, 0.4) is 0 Å². The first-order valence-corrected chi connectivity index (χ1v) is 8.09. The summed E-state index contributed by atoms with van der Waals surface area (Å²) >= 11 is 1.54. The van der Waals surface area contributed by atoms with E-state index in [4.69, 9.17) is 4.74 Å². The number of nitrogens with zero attached hydrogens (tertiary/aromatic N) is 2. The van der Waals surface area contributed by atoms with Crippen LogP contribution < -0.4 is 5.56 Å². The van der Waals surface area contributed by atoms with Gasteiger partial charge in [-0.05, 0) is 20.8 Å². The number of thiazole rings is 1. The lowest BCUT2D eigenvalue weighted by Gasteiger charge is -2.16. The molecule has 1 unspecified atom stereocenters. The minimum atomic E-state index is -0.416. The molecule has 0 aliphatic heterocycles. The van der Waals surface area contributed by atoms with Gasteiger partial charge in [0.1, 0.15) is 0 Å². The second kappa shape index (κ2) is 5.69. The number of aromatic amines is 2. The Kier molecular flexibility index (Phi) is 3.85. The van der Waals surface area contributed by atoms with Crippen LogP contribution >= 0.6 is 11.3 Å². The van der Waals surface area contributed by atoms with Crippen LogP contribution in [0.2, 0.25) is 0 Å². The number of carbonyl (C=O) groups is 1. The number of aryl methyl sites for hydroxylation is 3. The maximum absolute atomic E-state index is 12.3. The molecule has 2 N–H and O–H groups in total. The van der Waals surface area contributed by atoms with Gasteiger partial charge in [0.25, 0.3) is 5.56 Å². The Balaban J connectivity index is 2.26. The van der Waals surface area contributed by atoms with Crippen molar-refractivity contribution < 1.29 is 9.53 Å². The van der Waals surface area contributed by atoms with E-state index >= 15 is 0 Å². The minimum Gasteiger partial charge on any atom is -0.469 e. The average Bonchev–Trinajstić information content (AvgIpc) is 3.13. The third kappa shape index (κ3) is 2.48. The van der Waals surface area contributed by atoms with Gasteiger partial charge < -0.3 is 9.84 Å². The zero-order chi connectivity index (χ0) is 16.7. The molecule has 0 aromatic carbocycles. The number of nitrogens with one attached hydrogen (secondary N) is 2. The van der Waals surface area contributed by atoms with Gasteiger partial charge >= 0.3 is 5.97 Å². The van der Waals surface area contributed by atoms with Crippen molar-refractivity contribution in [3.63, 3.8) is 0 Å². The highest BCUT2D eigenvalue weighted by Crippen LogP contribution is 2.33. The topological polar surface area (TPSA) is 92.2 Å². The quantitative estimate of drug-likeness (QED) is 0.714. The third-order valence-electron chi connectivity index (χ3n) is 4.04. The normalized spacial score (nSPS) is 12.7. The smallest absolute Gasteiger partial charge is 0.306 e. The molecule has 0 fully saturated rings. The molecule has 0 saturated carbocycles. The summed E-state index contributed by atoms with van der Waals surface area (Å²) in [7, 11) is 1.35. The summed E-state index contributed by atoms with van der Waals surface area (Å²) < 4.78 is 6.85. The zero-order valence-electron chi connectivity index (χ0n) is 13.4. The fourth-order valence-corrected chi connectivity index (χ4v) is 3.91. The summed E-state index contributed by atoms with van der Waals surface area (Å²) in [5.74, 6) is -0.780. The average molecular weight is 334 g/mol. The van der Waals surface area contributed by atoms with Crippen molar-refractivity contribution in [2.45, 2.75) is 33.1 Å². The zero-order valence-corrected chi connectivity index (χ0v) is 14.2. The molecule has 0 amide bonds. The van der Waals surface area contributed by atoms with E-state index < -0.39 is 5.92 Å². The number of H-pyrrole nitrogens is 2. The lowest BCUT2D eigenvalue weighted by molar-refractivity contribution is -0.140. The number of methoxy groups -OCH3 is 1. The van der Waals surface area contributed by atoms with Crippen LogP contribution in [0.4, 0.5) is 0 Å². The van der Waals surface area contributed by atoms with E-state index in [0.29, 0.717) is 11.3 Å². The lowest BCUT2D eigenvalue weighted by Crippen LogP contribution is -2.19. The van der Waals surface area contributed by atoms with Gasteiger partial charge in [0.05, 0.1) is 24.9 Å². The summed E-state index contributed by atoms with van der Waals surface area (Å²) in [6, 6.07) is 0. The van der Waals surface area contributed by atoms with E-state index in [-0.39, 0.29) is 17.9 Å². The van der Waals surface area contributed by atoms with Gasteiger partial charge in [0.15, 0.2) is 4.96 Å². The van der Waals surface area contributed by atoms with Crippen LogP contribution in [0.5, 0.6) is 0 Å². The van der Waals surface area contributed by atoms with Crippen molar-refractivity contribution in [1.29, 1.82) is 0 Å². The van der Waals surface area contributed by atoms with Crippen molar-refractivity contribution in [2.24, 2.45) is 0 Å². The monoisotopic (exact) mass is 334 g/mol. The Labute approximate surface area is 136 Å². The Bertz CT molecular complexity index is 930. The molecular weight excluding hydrogens is 316 g/mol. The molecule has 3 aromatic rings. The molecule has 0 radical (unpaired) electrons. The van der Waals surface area contributed by atoms with Gasteiger partial charge in [0, 0.05) is 28.2 Å². The van der Waals surface area contributed by atoms with E-state index in [9.17, 15) is 9.59 Å². The van der Waals surface area contributed by atoms with E-state index in [0.717, 1.165) is 22.0 Å². The molecule has 7 nitrogen and oxygen atoms in total. The van der Waals surface area contributed by atoms with Crippen molar-refractivity contribution in [3.05, 3.63) is 44.1 Å². The Morgan fingerprint density at radius 1 is 1.39 bits per heavy atom. The molecule has 8 heteroatoms. The van der Waals surface area contributed by atoms with Crippen molar-refractivity contribution in [2.75, 3.05) is 7.11 Å². The fourth-order valence-electron chi connectivity index (χ4n) is 2.99. The SMILES string of the molecule is COC(=O)CC(c1c(C)[nH][nH]c1=O)c1c(C)nc2scc(C)n12. The molecule has 0 spiro atoms. The predicted octanol–water partition coefficient (Wildman–Crippen LogP) is 2.03. The number of rotatable bonds is 4. The number of esters is 1. The second-order valence-corrected chi connectivity index (χ2v) is 6.36. The van der Waals surface area contributed by atoms with Crippen LogP contribution in [0.1, 0.15) is 40.7 Å². The molecule has 3 rings (SSSR count). The lowest BCUT2D eigenvalue weighted by atomic mass is 9.91. The first kappa shape index (κ1) is 15.5. The van der Waals surface area contributed by atoms with Crippen LogP contribution in [0, 0.1) is 20.8 Å². The van der Waals surface area contributed by atoms with Gasteiger partial charge in [-0.3, -0.25) is 19.1 Å². The third-order valence-corrected chi connectivity index (χ3v) is 4.99. The second-order valence-electron chi connectivity index (χ2n) is 5.53. The molecule has 0 bridgehead atoms. The van der Waals surface area contributed by atoms with E-state index in [1.807, 2.05) is 30.6 Å². The minimum absolute atomic E-state index is 0.0855. The highest BCUT2D eigenvalue weighted by Gasteiger charge is 2.29. The number of carbonyl (C=O) groups excluding carboxylic acids is 1. The van der Waals surface area contributed by atoms with Crippen molar-refractivity contribution in [1.82, 2.24) is 19.6 Å². The highest BCUT2D eigenvalue weighted by molar-refractivity contribution is 7.15. The molecule has 23 heavy (non-hydrogen) atoms. The van der Waals surface area contributed by atoms with Gasteiger partial charge in [-0.15, -0.1) is 11.3 Å². The van der Waals surface area contributed by atoms with Crippen molar-refractivity contribution in [3.8, 4) is 0 Å². The van der Waals surface area contributed by atoms with Crippen LogP contribution in [0.15, 0.2) is 10.2 Å². The first-order chi connectivity index (χ1) is 10.9. The number of hydrogen-bond donors (Lipinski definition) is 2. The summed E-state index contributed by atoms with van der Waals surface area (Å²) in [6.07, 6.45) is 0.0855. The fraction of sp³-hybridized carbons (Fsp3) is 0.400. The Hall–Kier alpha value is -2.35. The van der Waals surface area contributed by atoms with Gasteiger partial charge in [-0.2, -0.15) is 0 Å². The largest absolute Gasteiger partial charge is 0.469 e. The Morgan fingerprint density at radius 3 is 2.74 bits per heavy atom. The molecule has 0 aliphatic rings. The van der Waals surface area contributed by atoms with Crippen LogP contribution in [-0.2, 0) is 9.53 Å². The number of aromatic nitrogens is 4.